The van der Waals surface area contributed by atoms with Gasteiger partial charge in [0, 0.05) is 22.9 Å². The Bertz CT molecular complexity index is 827. The molecule has 1 amide bonds. The number of hydrogen-bond donors (Lipinski definition) is 2. The zero-order valence-corrected chi connectivity index (χ0v) is 17.1. The highest BCUT2D eigenvalue weighted by Gasteiger charge is 2.40. The minimum Gasteiger partial charge on any atom is -0.360 e. The van der Waals surface area contributed by atoms with Crippen molar-refractivity contribution in [3.05, 3.63) is 65.7 Å². The van der Waals surface area contributed by atoms with Crippen LogP contribution < -0.4 is 15.1 Å². The van der Waals surface area contributed by atoms with Crippen LogP contribution in [0.5, 0.6) is 0 Å². The second-order valence-electron chi connectivity index (χ2n) is 9.20. The third-order valence-electron chi connectivity index (χ3n) is 7.32. The van der Waals surface area contributed by atoms with Crippen molar-refractivity contribution in [2.24, 2.45) is 11.8 Å². The SMILES string of the molecule is O=C(N[C@@H]1C[C@H]2CC[C@@H]1C2)c1ccc(C[NH+]2CCN(c3ccccc3)CC2)cc1. The van der Waals surface area contributed by atoms with E-state index in [0.717, 1.165) is 50.1 Å². The highest BCUT2D eigenvalue weighted by Crippen LogP contribution is 2.44. The van der Waals surface area contributed by atoms with Gasteiger partial charge < -0.3 is 15.1 Å². The lowest BCUT2D eigenvalue weighted by molar-refractivity contribution is -0.914. The van der Waals surface area contributed by atoms with Gasteiger partial charge in [0.2, 0.25) is 0 Å². The molecule has 152 valence electrons. The van der Waals surface area contributed by atoms with E-state index in [9.17, 15) is 4.79 Å². The molecule has 2 aromatic carbocycles. The van der Waals surface area contributed by atoms with E-state index in [2.05, 4.69) is 52.7 Å². The van der Waals surface area contributed by atoms with E-state index in [1.54, 1.807) is 4.90 Å². The van der Waals surface area contributed by atoms with Gasteiger partial charge in [-0.15, -0.1) is 0 Å². The monoisotopic (exact) mass is 390 g/mol. The number of carbonyl (C=O) groups is 1. The molecule has 5 rings (SSSR count). The van der Waals surface area contributed by atoms with Crippen molar-refractivity contribution in [3.63, 3.8) is 0 Å². The Morgan fingerprint density at radius 2 is 1.72 bits per heavy atom. The van der Waals surface area contributed by atoms with Crippen LogP contribution in [0.3, 0.4) is 0 Å². The predicted molar refractivity (Wildman–Crippen MR) is 116 cm³/mol. The number of piperazine rings is 1. The van der Waals surface area contributed by atoms with Crippen LogP contribution in [0, 0.1) is 11.8 Å². The van der Waals surface area contributed by atoms with Gasteiger partial charge in [0.1, 0.15) is 6.54 Å². The molecule has 2 aromatic rings. The highest BCUT2D eigenvalue weighted by atomic mass is 16.1. The van der Waals surface area contributed by atoms with Gasteiger partial charge in [-0.3, -0.25) is 4.79 Å². The maximum atomic E-state index is 12.6. The number of rotatable bonds is 5. The molecule has 3 aliphatic rings. The van der Waals surface area contributed by atoms with Crippen LogP contribution in [0.25, 0.3) is 0 Å². The first kappa shape index (κ1) is 18.7. The number of anilines is 1. The lowest BCUT2D eigenvalue weighted by Crippen LogP contribution is -3.13. The lowest BCUT2D eigenvalue weighted by atomic mass is 9.95. The third kappa shape index (κ3) is 4.18. The molecule has 4 nitrogen and oxygen atoms in total. The van der Waals surface area contributed by atoms with Crippen LogP contribution in [0.15, 0.2) is 54.6 Å². The molecule has 3 atom stereocenters. The summed E-state index contributed by atoms with van der Waals surface area (Å²) in [5.41, 5.74) is 3.46. The number of quaternary nitrogens is 1. The molecular weight excluding hydrogens is 358 g/mol. The van der Waals surface area contributed by atoms with E-state index in [1.807, 2.05) is 12.1 Å². The van der Waals surface area contributed by atoms with Gasteiger partial charge in [0.05, 0.1) is 26.2 Å². The van der Waals surface area contributed by atoms with Gasteiger partial charge in [-0.25, -0.2) is 0 Å². The van der Waals surface area contributed by atoms with Crippen molar-refractivity contribution in [1.29, 1.82) is 0 Å². The summed E-state index contributed by atoms with van der Waals surface area (Å²) >= 11 is 0. The topological polar surface area (TPSA) is 36.8 Å². The number of amides is 1. The normalized spacial score (nSPS) is 26.6. The first-order valence-corrected chi connectivity index (χ1v) is 11.3. The molecule has 1 aliphatic heterocycles. The summed E-state index contributed by atoms with van der Waals surface area (Å²) in [7, 11) is 0. The van der Waals surface area contributed by atoms with Crippen LogP contribution in [0.1, 0.15) is 41.6 Å². The summed E-state index contributed by atoms with van der Waals surface area (Å²) in [5.74, 6) is 1.69. The molecular formula is C25H32N3O+. The van der Waals surface area contributed by atoms with Crippen LogP contribution in [0.2, 0.25) is 0 Å². The van der Waals surface area contributed by atoms with Crippen molar-refractivity contribution in [2.75, 3.05) is 31.1 Å². The van der Waals surface area contributed by atoms with E-state index < -0.39 is 0 Å². The number of nitrogens with one attached hydrogen (secondary N) is 2. The third-order valence-corrected chi connectivity index (χ3v) is 7.32. The fraction of sp³-hybridized carbons (Fsp3) is 0.480. The Labute approximate surface area is 173 Å². The van der Waals surface area contributed by atoms with Gasteiger partial charge in [-0.2, -0.15) is 0 Å². The number of nitrogens with zero attached hydrogens (tertiary/aromatic N) is 1. The van der Waals surface area contributed by atoms with E-state index >= 15 is 0 Å². The Morgan fingerprint density at radius 1 is 0.966 bits per heavy atom. The molecule has 4 heteroatoms. The minimum absolute atomic E-state index is 0.109. The van der Waals surface area contributed by atoms with Crippen molar-refractivity contribution in [1.82, 2.24) is 5.32 Å². The van der Waals surface area contributed by atoms with Crippen molar-refractivity contribution < 1.29 is 9.69 Å². The molecule has 3 fully saturated rings. The number of hydrogen-bond acceptors (Lipinski definition) is 2. The summed E-state index contributed by atoms with van der Waals surface area (Å²) in [6, 6.07) is 19.4. The van der Waals surface area contributed by atoms with E-state index in [1.165, 1.54) is 36.9 Å². The molecule has 0 aromatic heterocycles. The summed E-state index contributed by atoms with van der Waals surface area (Å²) in [6.45, 7) is 5.55. The summed E-state index contributed by atoms with van der Waals surface area (Å²) < 4.78 is 0. The largest absolute Gasteiger partial charge is 0.360 e. The van der Waals surface area contributed by atoms with Gasteiger partial charge in [-0.05, 0) is 55.4 Å². The zero-order chi connectivity index (χ0) is 19.6. The van der Waals surface area contributed by atoms with Crippen molar-refractivity contribution in [2.45, 2.75) is 38.3 Å². The predicted octanol–water partition coefficient (Wildman–Crippen LogP) is 2.51. The van der Waals surface area contributed by atoms with E-state index in [0.29, 0.717) is 6.04 Å². The second kappa shape index (κ2) is 8.19. The van der Waals surface area contributed by atoms with E-state index in [-0.39, 0.29) is 5.91 Å². The molecule has 2 saturated carbocycles. The summed E-state index contributed by atoms with van der Waals surface area (Å²) in [5, 5.41) is 3.30. The highest BCUT2D eigenvalue weighted by molar-refractivity contribution is 5.94. The number of para-hydroxylation sites is 1. The molecule has 1 saturated heterocycles. The molecule has 2 bridgehead atoms. The zero-order valence-electron chi connectivity index (χ0n) is 17.1. The average Bonchev–Trinajstić information content (AvgIpc) is 3.39. The Hall–Kier alpha value is -2.33. The fourth-order valence-corrected chi connectivity index (χ4v) is 5.63. The molecule has 0 spiro atoms. The average molecular weight is 391 g/mol. The molecule has 0 unspecified atom stereocenters. The molecule has 29 heavy (non-hydrogen) atoms. The van der Waals surface area contributed by atoms with Gasteiger partial charge >= 0.3 is 0 Å². The van der Waals surface area contributed by atoms with Crippen molar-refractivity contribution >= 4 is 11.6 Å². The molecule has 2 aliphatic carbocycles. The molecule has 0 radical (unpaired) electrons. The maximum Gasteiger partial charge on any atom is 0.251 e. The Morgan fingerprint density at radius 3 is 2.38 bits per heavy atom. The quantitative estimate of drug-likeness (QED) is 0.823. The molecule has 2 N–H and O–H groups in total. The number of carbonyl (C=O) groups excluding carboxylic acids is 1. The summed E-state index contributed by atoms with van der Waals surface area (Å²) in [6.07, 6.45) is 5.18. The second-order valence-corrected chi connectivity index (χ2v) is 9.20. The van der Waals surface area contributed by atoms with Crippen LogP contribution in [0.4, 0.5) is 5.69 Å². The standard InChI is InChI=1S/C25H31N3O/c29-25(26-24-17-20-8-11-22(24)16-20)21-9-6-19(7-10-21)18-27-12-14-28(15-13-27)23-4-2-1-3-5-23/h1-7,9-10,20,22,24H,8,11-18H2,(H,26,29)/p+1/t20-,22+,24+/m0/s1. The number of benzene rings is 2. The smallest absolute Gasteiger partial charge is 0.251 e. The Balaban J connectivity index is 1.12. The fourth-order valence-electron chi connectivity index (χ4n) is 5.63. The van der Waals surface area contributed by atoms with Crippen LogP contribution in [-0.2, 0) is 6.54 Å². The maximum absolute atomic E-state index is 12.6. The van der Waals surface area contributed by atoms with Crippen molar-refractivity contribution in [3.8, 4) is 0 Å². The first-order valence-electron chi connectivity index (χ1n) is 11.3. The van der Waals surface area contributed by atoms with Crippen LogP contribution >= 0.6 is 0 Å². The Kier molecular flexibility index (Phi) is 5.28. The summed E-state index contributed by atoms with van der Waals surface area (Å²) in [4.78, 5) is 16.7. The lowest BCUT2D eigenvalue weighted by Gasteiger charge is -2.33. The van der Waals surface area contributed by atoms with Crippen LogP contribution in [-0.4, -0.2) is 38.1 Å². The van der Waals surface area contributed by atoms with Gasteiger partial charge in [-0.1, -0.05) is 36.8 Å². The first-order chi connectivity index (χ1) is 14.2. The van der Waals surface area contributed by atoms with Gasteiger partial charge in [0.25, 0.3) is 5.91 Å². The minimum atomic E-state index is 0.109. The van der Waals surface area contributed by atoms with E-state index in [4.69, 9.17) is 0 Å². The number of fused-ring (bicyclic) bond motifs is 2. The van der Waals surface area contributed by atoms with Gasteiger partial charge in [0.15, 0.2) is 0 Å². The molecule has 1 heterocycles.